The van der Waals surface area contributed by atoms with E-state index in [1.165, 1.54) is 0 Å². The molecule has 2 atom stereocenters. The van der Waals surface area contributed by atoms with Gasteiger partial charge in [-0.2, -0.15) is 0 Å². The van der Waals surface area contributed by atoms with E-state index in [2.05, 4.69) is 30.3 Å². The lowest BCUT2D eigenvalue weighted by Gasteiger charge is -2.38. The second-order valence-electron chi connectivity index (χ2n) is 8.49. The number of aryl methyl sites for hydroxylation is 1. The van der Waals surface area contributed by atoms with Crippen LogP contribution in [0.2, 0.25) is 0 Å². The van der Waals surface area contributed by atoms with Crippen LogP contribution in [-0.4, -0.2) is 25.9 Å². The molecule has 32 heavy (non-hydrogen) atoms. The monoisotopic (exact) mass is 432 g/mol. The number of benzene rings is 3. The number of hydrogen-bond acceptors (Lipinski definition) is 4. The van der Waals surface area contributed by atoms with E-state index >= 15 is 0 Å². The van der Waals surface area contributed by atoms with Crippen LogP contribution in [-0.2, 0) is 23.2 Å². The summed E-state index contributed by atoms with van der Waals surface area (Å²) in [7, 11) is 3.35. The zero-order chi connectivity index (χ0) is 22.4. The minimum atomic E-state index is -0.625. The van der Waals surface area contributed by atoms with Crippen molar-refractivity contribution in [3.05, 3.63) is 95.1 Å². The molecule has 0 bridgehead atoms. The average molecular weight is 433 g/mol. The summed E-state index contributed by atoms with van der Waals surface area (Å²) in [6, 6.07) is 24.4. The van der Waals surface area contributed by atoms with E-state index in [-0.39, 0.29) is 0 Å². The highest BCUT2D eigenvalue weighted by molar-refractivity contribution is 5.43. The van der Waals surface area contributed by atoms with Crippen LogP contribution in [0.1, 0.15) is 47.6 Å². The van der Waals surface area contributed by atoms with Gasteiger partial charge in [-0.15, -0.1) is 0 Å². The van der Waals surface area contributed by atoms with Crippen molar-refractivity contribution in [1.29, 1.82) is 0 Å². The topological polar surface area (TPSA) is 47.9 Å². The molecule has 1 aliphatic carbocycles. The van der Waals surface area contributed by atoms with Gasteiger partial charge in [0.05, 0.1) is 26.9 Å². The van der Waals surface area contributed by atoms with Gasteiger partial charge in [-0.3, -0.25) is 0 Å². The molecule has 1 N–H and O–H groups in total. The van der Waals surface area contributed by atoms with Crippen LogP contribution < -0.4 is 9.47 Å². The normalized spacial score (nSPS) is 20.3. The Kier molecular flexibility index (Phi) is 7.13. The van der Waals surface area contributed by atoms with Gasteiger partial charge in [-0.05, 0) is 72.2 Å². The molecule has 0 aromatic heterocycles. The van der Waals surface area contributed by atoms with Gasteiger partial charge in [-0.25, -0.2) is 0 Å². The summed E-state index contributed by atoms with van der Waals surface area (Å²) in [5.41, 5.74) is 4.00. The Balaban J connectivity index is 1.63. The lowest BCUT2D eigenvalue weighted by molar-refractivity contribution is 0.0336. The second-order valence-corrected chi connectivity index (χ2v) is 8.49. The smallest absolute Gasteiger partial charge is 0.119 e. The van der Waals surface area contributed by atoms with Crippen LogP contribution in [0.4, 0.5) is 0 Å². The van der Waals surface area contributed by atoms with Gasteiger partial charge in [0.1, 0.15) is 11.5 Å². The first-order valence-corrected chi connectivity index (χ1v) is 11.3. The number of aliphatic hydroxyl groups is 1. The number of aliphatic hydroxyl groups excluding tert-OH is 1. The molecule has 0 fully saturated rings. The molecule has 0 saturated carbocycles. The van der Waals surface area contributed by atoms with E-state index < -0.39 is 11.5 Å². The predicted molar refractivity (Wildman–Crippen MR) is 126 cm³/mol. The first kappa shape index (κ1) is 22.4. The molecule has 0 heterocycles. The third kappa shape index (κ3) is 4.67. The number of methoxy groups -OCH3 is 2. The van der Waals surface area contributed by atoms with Gasteiger partial charge in [0.2, 0.25) is 0 Å². The Morgan fingerprint density at radius 2 is 1.62 bits per heavy atom. The van der Waals surface area contributed by atoms with Crippen molar-refractivity contribution >= 4 is 0 Å². The van der Waals surface area contributed by atoms with Crippen molar-refractivity contribution in [2.75, 3.05) is 20.8 Å². The van der Waals surface area contributed by atoms with Crippen molar-refractivity contribution in [3.8, 4) is 11.5 Å². The van der Waals surface area contributed by atoms with E-state index in [0.29, 0.717) is 13.2 Å². The van der Waals surface area contributed by atoms with Crippen LogP contribution in [0.15, 0.2) is 72.8 Å². The summed E-state index contributed by atoms with van der Waals surface area (Å²) in [5, 5.41) is 11.8. The lowest BCUT2D eigenvalue weighted by atomic mass is 9.69. The average Bonchev–Trinajstić information content (AvgIpc) is 2.99. The summed E-state index contributed by atoms with van der Waals surface area (Å²) >= 11 is 0. The molecule has 0 amide bonds. The van der Waals surface area contributed by atoms with Gasteiger partial charge in [0.15, 0.2) is 0 Å². The van der Waals surface area contributed by atoms with Gasteiger partial charge in [-0.1, -0.05) is 48.5 Å². The first-order chi connectivity index (χ1) is 15.7. The third-order valence-corrected chi connectivity index (χ3v) is 6.71. The van der Waals surface area contributed by atoms with Crippen molar-refractivity contribution in [3.63, 3.8) is 0 Å². The number of rotatable bonds is 8. The van der Waals surface area contributed by atoms with Gasteiger partial charge < -0.3 is 19.3 Å². The highest BCUT2D eigenvalue weighted by Crippen LogP contribution is 2.48. The SMILES string of the molecule is COc1ccc(C2(CCOCc3ccccc3)CCCc3cc(OC)ccc3C2O)cc1. The van der Waals surface area contributed by atoms with Crippen LogP contribution >= 0.6 is 0 Å². The summed E-state index contributed by atoms with van der Waals surface area (Å²) in [5.74, 6) is 1.65. The Bertz CT molecular complexity index is 1000. The molecule has 0 radical (unpaired) electrons. The molecule has 4 rings (SSSR count). The number of fused-ring (bicyclic) bond motifs is 1. The Labute approximate surface area is 190 Å². The molecular formula is C28H32O4. The molecule has 0 saturated heterocycles. The molecule has 3 aromatic rings. The lowest BCUT2D eigenvalue weighted by Crippen LogP contribution is -2.35. The standard InChI is InChI=1S/C28H32O4/c1-30-24-12-10-23(11-13-24)28(17-18-32-20-21-7-4-3-5-8-21)16-6-9-22-19-25(31-2)14-15-26(22)27(28)29/h3-5,7-8,10-15,19,27,29H,6,9,16-18,20H2,1-2H3. The predicted octanol–water partition coefficient (Wildman–Crippen LogP) is 5.62. The van der Waals surface area contributed by atoms with E-state index in [1.807, 2.05) is 42.5 Å². The molecule has 168 valence electrons. The van der Waals surface area contributed by atoms with E-state index in [1.54, 1.807) is 14.2 Å². The second kappa shape index (κ2) is 10.2. The summed E-state index contributed by atoms with van der Waals surface area (Å²) in [6.45, 7) is 1.15. The van der Waals surface area contributed by atoms with Crippen LogP contribution in [0.3, 0.4) is 0 Å². The fraction of sp³-hybridized carbons (Fsp3) is 0.357. The van der Waals surface area contributed by atoms with Crippen molar-refractivity contribution < 1.29 is 19.3 Å². The van der Waals surface area contributed by atoms with Gasteiger partial charge in [0.25, 0.3) is 0 Å². The Hall–Kier alpha value is -2.82. The maximum atomic E-state index is 11.8. The Morgan fingerprint density at radius 1 is 0.906 bits per heavy atom. The maximum absolute atomic E-state index is 11.8. The largest absolute Gasteiger partial charge is 0.497 e. The molecule has 4 nitrogen and oxygen atoms in total. The van der Waals surface area contributed by atoms with E-state index in [9.17, 15) is 5.11 Å². The zero-order valence-corrected chi connectivity index (χ0v) is 18.9. The highest BCUT2D eigenvalue weighted by Gasteiger charge is 2.42. The minimum Gasteiger partial charge on any atom is -0.497 e. The third-order valence-electron chi connectivity index (χ3n) is 6.71. The first-order valence-electron chi connectivity index (χ1n) is 11.3. The van der Waals surface area contributed by atoms with Crippen LogP contribution in [0, 0.1) is 0 Å². The fourth-order valence-corrected chi connectivity index (χ4v) is 4.87. The molecule has 0 aliphatic heterocycles. The van der Waals surface area contributed by atoms with Crippen LogP contribution in [0.5, 0.6) is 11.5 Å². The molecule has 4 heteroatoms. The molecule has 1 aliphatic rings. The fourth-order valence-electron chi connectivity index (χ4n) is 4.87. The van der Waals surface area contributed by atoms with Crippen LogP contribution in [0.25, 0.3) is 0 Å². The molecule has 3 aromatic carbocycles. The summed E-state index contributed by atoms with van der Waals surface area (Å²) in [4.78, 5) is 0. The quantitative estimate of drug-likeness (QED) is 0.371. The molecule has 0 spiro atoms. The summed E-state index contributed by atoms with van der Waals surface area (Å²) in [6.07, 6.45) is 2.90. The van der Waals surface area contributed by atoms with Gasteiger partial charge in [0, 0.05) is 12.0 Å². The van der Waals surface area contributed by atoms with Crippen molar-refractivity contribution in [1.82, 2.24) is 0 Å². The highest BCUT2D eigenvalue weighted by atomic mass is 16.5. The molecular weight excluding hydrogens is 400 g/mol. The maximum Gasteiger partial charge on any atom is 0.119 e. The van der Waals surface area contributed by atoms with E-state index in [0.717, 1.165) is 59.4 Å². The van der Waals surface area contributed by atoms with Crippen molar-refractivity contribution in [2.45, 2.75) is 43.8 Å². The van der Waals surface area contributed by atoms with Crippen molar-refractivity contribution in [2.24, 2.45) is 0 Å². The number of hydrogen-bond donors (Lipinski definition) is 1. The Morgan fingerprint density at radius 3 is 2.34 bits per heavy atom. The van der Waals surface area contributed by atoms with Gasteiger partial charge >= 0.3 is 0 Å². The zero-order valence-electron chi connectivity index (χ0n) is 18.9. The number of ether oxygens (including phenoxy) is 3. The minimum absolute atomic E-state index is 0.428. The molecule has 2 unspecified atom stereocenters. The summed E-state index contributed by atoms with van der Waals surface area (Å²) < 4.78 is 16.9. The van der Waals surface area contributed by atoms with E-state index in [4.69, 9.17) is 14.2 Å².